The summed E-state index contributed by atoms with van der Waals surface area (Å²) < 4.78 is 5.99. The molecule has 3 aromatic carbocycles. The molecular formula is C25H19ClN2O4S. The zero-order valence-electron chi connectivity index (χ0n) is 17.6. The second kappa shape index (κ2) is 9.94. The number of carbonyl (C=O) groups is 2. The first kappa shape index (κ1) is 22.6. The molecule has 1 amide bonds. The molecule has 0 saturated carbocycles. The van der Waals surface area contributed by atoms with Crippen LogP contribution in [-0.2, 0) is 11.4 Å². The number of amidine groups is 1. The van der Waals surface area contributed by atoms with Gasteiger partial charge in [0.1, 0.15) is 12.4 Å². The molecule has 0 unspecified atom stereocenters. The summed E-state index contributed by atoms with van der Waals surface area (Å²) in [6, 6.07) is 21.1. The van der Waals surface area contributed by atoms with Gasteiger partial charge in [-0.05, 0) is 54.2 Å². The molecule has 0 atom stereocenters. The van der Waals surface area contributed by atoms with E-state index in [4.69, 9.17) is 21.4 Å². The van der Waals surface area contributed by atoms with Gasteiger partial charge >= 0.3 is 5.97 Å². The van der Waals surface area contributed by atoms with Gasteiger partial charge in [0.05, 0.1) is 16.2 Å². The number of carbonyl (C=O) groups excluding carboxylic acids is 1. The molecule has 33 heavy (non-hydrogen) atoms. The van der Waals surface area contributed by atoms with Gasteiger partial charge in [0.25, 0.3) is 5.91 Å². The summed E-state index contributed by atoms with van der Waals surface area (Å²) in [6.07, 6.45) is 1.78. The standard InChI is InChI=1S/C25H19ClN2O4S/c1-28-23(29)22(33-25(28)27-19-12-10-16(11-13-19)24(30)31)14-17-6-3-5-9-21(17)32-15-18-7-2-4-8-20(18)26/h2-14H,15H2,1H3,(H,30,31). The Hall–Kier alpha value is -3.55. The van der Waals surface area contributed by atoms with E-state index in [-0.39, 0.29) is 11.5 Å². The van der Waals surface area contributed by atoms with Gasteiger partial charge in [0, 0.05) is 23.2 Å². The Morgan fingerprint density at radius 3 is 2.52 bits per heavy atom. The summed E-state index contributed by atoms with van der Waals surface area (Å²) in [4.78, 5) is 30.3. The highest BCUT2D eigenvalue weighted by atomic mass is 35.5. The lowest BCUT2D eigenvalue weighted by Crippen LogP contribution is -2.23. The third-order valence-electron chi connectivity index (χ3n) is 4.89. The van der Waals surface area contributed by atoms with E-state index in [0.29, 0.717) is 33.1 Å². The molecule has 1 aliphatic rings. The normalized spacial score (nSPS) is 15.9. The first-order valence-electron chi connectivity index (χ1n) is 9.97. The fourth-order valence-electron chi connectivity index (χ4n) is 3.08. The third kappa shape index (κ3) is 5.27. The smallest absolute Gasteiger partial charge is 0.335 e. The van der Waals surface area contributed by atoms with Gasteiger partial charge in [0.2, 0.25) is 0 Å². The number of likely N-dealkylation sites (N-methyl/N-ethyl adjacent to an activating group) is 1. The summed E-state index contributed by atoms with van der Waals surface area (Å²) in [5, 5.41) is 10.2. The van der Waals surface area contributed by atoms with Crippen LogP contribution in [0.5, 0.6) is 5.75 Å². The van der Waals surface area contributed by atoms with E-state index in [1.807, 2.05) is 48.5 Å². The highest BCUT2D eigenvalue weighted by Gasteiger charge is 2.30. The zero-order valence-corrected chi connectivity index (χ0v) is 19.1. The Morgan fingerprint density at radius 1 is 1.09 bits per heavy atom. The van der Waals surface area contributed by atoms with Crippen LogP contribution in [0.3, 0.4) is 0 Å². The Balaban J connectivity index is 1.55. The number of benzene rings is 3. The molecule has 4 rings (SSSR count). The van der Waals surface area contributed by atoms with Crippen molar-refractivity contribution in [1.82, 2.24) is 4.90 Å². The lowest BCUT2D eigenvalue weighted by molar-refractivity contribution is -0.121. The topological polar surface area (TPSA) is 79.2 Å². The predicted octanol–water partition coefficient (Wildman–Crippen LogP) is 5.85. The van der Waals surface area contributed by atoms with Crippen LogP contribution in [0.25, 0.3) is 6.08 Å². The van der Waals surface area contributed by atoms with Gasteiger partial charge in [-0.15, -0.1) is 0 Å². The van der Waals surface area contributed by atoms with Crippen molar-refractivity contribution in [2.45, 2.75) is 6.61 Å². The van der Waals surface area contributed by atoms with E-state index in [1.165, 1.54) is 28.8 Å². The molecule has 0 radical (unpaired) electrons. The minimum absolute atomic E-state index is 0.177. The number of ether oxygens (including phenoxy) is 1. The second-order valence-corrected chi connectivity index (χ2v) is 8.56. The monoisotopic (exact) mass is 478 g/mol. The van der Waals surface area contributed by atoms with Crippen molar-refractivity contribution in [3.05, 3.63) is 99.4 Å². The molecule has 166 valence electrons. The van der Waals surface area contributed by atoms with Crippen LogP contribution >= 0.6 is 23.4 Å². The van der Waals surface area contributed by atoms with Gasteiger partial charge in [-0.2, -0.15) is 0 Å². The average Bonchev–Trinajstić information content (AvgIpc) is 3.07. The molecule has 0 aromatic heterocycles. The lowest BCUT2D eigenvalue weighted by Gasteiger charge is -2.10. The fraction of sp³-hybridized carbons (Fsp3) is 0.0800. The van der Waals surface area contributed by atoms with E-state index < -0.39 is 5.97 Å². The van der Waals surface area contributed by atoms with Crippen LogP contribution in [0.2, 0.25) is 5.02 Å². The number of carboxylic acids is 1. The molecule has 0 spiro atoms. The van der Waals surface area contributed by atoms with Crippen molar-refractivity contribution in [3.63, 3.8) is 0 Å². The maximum Gasteiger partial charge on any atom is 0.335 e. The minimum atomic E-state index is -1.00. The largest absolute Gasteiger partial charge is 0.488 e. The Labute approximate surface area is 200 Å². The van der Waals surface area contributed by atoms with Crippen molar-refractivity contribution >= 4 is 52.2 Å². The first-order valence-corrected chi connectivity index (χ1v) is 11.2. The molecule has 1 aliphatic heterocycles. The molecule has 3 aromatic rings. The molecule has 6 nitrogen and oxygen atoms in total. The molecule has 1 saturated heterocycles. The highest BCUT2D eigenvalue weighted by molar-refractivity contribution is 8.18. The number of aliphatic imine (C=N–C) groups is 1. The number of thioether (sulfide) groups is 1. The summed E-state index contributed by atoms with van der Waals surface area (Å²) in [7, 11) is 1.65. The number of hydrogen-bond acceptors (Lipinski definition) is 5. The lowest BCUT2D eigenvalue weighted by atomic mass is 10.1. The van der Waals surface area contributed by atoms with Crippen LogP contribution < -0.4 is 4.74 Å². The molecule has 1 N–H and O–H groups in total. The number of aromatic carboxylic acids is 1. The summed E-state index contributed by atoms with van der Waals surface area (Å²) in [5.41, 5.74) is 2.38. The van der Waals surface area contributed by atoms with Crippen molar-refractivity contribution in [2.24, 2.45) is 4.99 Å². The molecule has 1 heterocycles. The van der Waals surface area contributed by atoms with E-state index in [1.54, 1.807) is 25.3 Å². The molecule has 0 aliphatic carbocycles. The van der Waals surface area contributed by atoms with Crippen LogP contribution in [-0.4, -0.2) is 34.1 Å². The number of hydrogen-bond donors (Lipinski definition) is 1. The van der Waals surface area contributed by atoms with Crippen LogP contribution in [0.1, 0.15) is 21.5 Å². The van der Waals surface area contributed by atoms with Crippen molar-refractivity contribution in [2.75, 3.05) is 7.05 Å². The van der Waals surface area contributed by atoms with Crippen molar-refractivity contribution in [3.8, 4) is 5.75 Å². The number of rotatable bonds is 6. The Morgan fingerprint density at radius 2 is 1.79 bits per heavy atom. The summed E-state index contributed by atoms with van der Waals surface area (Å²) in [5.74, 6) is -0.546. The number of halogens is 1. The van der Waals surface area contributed by atoms with E-state index in [2.05, 4.69) is 4.99 Å². The van der Waals surface area contributed by atoms with Gasteiger partial charge in [0.15, 0.2) is 5.17 Å². The Bertz CT molecular complexity index is 1270. The summed E-state index contributed by atoms with van der Waals surface area (Å²) >= 11 is 7.47. The van der Waals surface area contributed by atoms with Gasteiger partial charge in [-0.25, -0.2) is 9.79 Å². The third-order valence-corrected chi connectivity index (χ3v) is 6.32. The molecule has 1 fully saturated rings. The quantitative estimate of drug-likeness (QED) is 0.449. The van der Waals surface area contributed by atoms with Crippen LogP contribution in [0, 0.1) is 0 Å². The SMILES string of the molecule is CN1C(=O)C(=Cc2ccccc2OCc2ccccc2Cl)SC1=Nc1ccc(C(=O)O)cc1. The minimum Gasteiger partial charge on any atom is -0.488 e. The number of amides is 1. The predicted molar refractivity (Wildman–Crippen MR) is 131 cm³/mol. The van der Waals surface area contributed by atoms with Crippen LogP contribution in [0.4, 0.5) is 5.69 Å². The summed E-state index contributed by atoms with van der Waals surface area (Å²) in [6.45, 7) is 0.305. The van der Waals surface area contributed by atoms with E-state index >= 15 is 0 Å². The number of nitrogens with zero attached hydrogens (tertiary/aromatic N) is 2. The van der Waals surface area contributed by atoms with Crippen molar-refractivity contribution < 1.29 is 19.4 Å². The number of carboxylic acid groups (broad SMARTS) is 1. The average molecular weight is 479 g/mol. The van der Waals surface area contributed by atoms with Gasteiger partial charge in [-0.3, -0.25) is 9.69 Å². The van der Waals surface area contributed by atoms with Gasteiger partial charge < -0.3 is 9.84 Å². The highest BCUT2D eigenvalue weighted by Crippen LogP contribution is 2.35. The number of para-hydroxylation sites is 1. The van der Waals surface area contributed by atoms with Crippen molar-refractivity contribution in [1.29, 1.82) is 0 Å². The Kier molecular flexibility index (Phi) is 6.82. The van der Waals surface area contributed by atoms with Gasteiger partial charge in [-0.1, -0.05) is 48.0 Å². The first-order chi connectivity index (χ1) is 15.9. The zero-order chi connectivity index (χ0) is 23.4. The maximum absolute atomic E-state index is 12.8. The molecule has 8 heteroatoms. The van der Waals surface area contributed by atoms with E-state index in [9.17, 15) is 9.59 Å². The maximum atomic E-state index is 12.8. The molecular weight excluding hydrogens is 460 g/mol. The molecule has 0 bridgehead atoms. The fourth-order valence-corrected chi connectivity index (χ4v) is 4.25. The van der Waals surface area contributed by atoms with E-state index in [0.717, 1.165) is 11.1 Å². The van der Waals surface area contributed by atoms with Crippen LogP contribution in [0.15, 0.2) is 82.7 Å². The second-order valence-electron chi connectivity index (χ2n) is 7.14.